The molecule has 3 aromatic carbocycles. The standard InChI is InChI=1S/C27H32NOP/c1-7-27(5,23-17-18(2)16-20(4)25(23)29)30-26-19(3)12-11-15-22(26)24(28-6)21-13-9-8-10-14-21/h8-17,29-30H,7H2,1-6H3/b28-24+. The Morgan fingerprint density at radius 1 is 0.967 bits per heavy atom. The molecule has 156 valence electrons. The zero-order valence-electron chi connectivity index (χ0n) is 18.9. The highest BCUT2D eigenvalue weighted by atomic mass is 31.1. The molecule has 0 aliphatic rings. The Morgan fingerprint density at radius 2 is 1.67 bits per heavy atom. The fourth-order valence-corrected chi connectivity index (χ4v) is 5.71. The van der Waals surface area contributed by atoms with Gasteiger partial charge in [0.05, 0.1) is 5.71 Å². The second-order valence-electron chi connectivity index (χ2n) is 8.22. The molecule has 0 amide bonds. The van der Waals surface area contributed by atoms with Crippen molar-refractivity contribution in [1.82, 2.24) is 0 Å². The van der Waals surface area contributed by atoms with Crippen LogP contribution in [0.5, 0.6) is 5.75 Å². The zero-order chi connectivity index (χ0) is 21.9. The molecule has 0 spiro atoms. The molecule has 0 aliphatic heterocycles. The minimum atomic E-state index is -0.155. The molecular formula is C27H32NOP. The third-order valence-corrected chi connectivity index (χ3v) is 8.03. The van der Waals surface area contributed by atoms with E-state index in [1.165, 1.54) is 22.0 Å². The molecule has 0 aromatic heterocycles. The number of rotatable bonds is 6. The number of hydrogen-bond donors (Lipinski definition) is 1. The second kappa shape index (κ2) is 9.14. The minimum Gasteiger partial charge on any atom is -0.507 e. The van der Waals surface area contributed by atoms with Gasteiger partial charge < -0.3 is 5.11 Å². The van der Waals surface area contributed by atoms with E-state index >= 15 is 0 Å². The Hall–Kier alpha value is -2.44. The number of phenolic OH excluding ortho intramolecular Hbond substituents is 1. The molecular weight excluding hydrogens is 385 g/mol. The molecule has 2 unspecified atom stereocenters. The molecule has 30 heavy (non-hydrogen) atoms. The smallest absolute Gasteiger partial charge is 0.122 e. The van der Waals surface area contributed by atoms with E-state index in [1.54, 1.807) is 0 Å². The molecule has 2 atom stereocenters. The fourth-order valence-electron chi connectivity index (χ4n) is 4.03. The Morgan fingerprint density at radius 3 is 2.30 bits per heavy atom. The molecule has 1 N–H and O–H groups in total. The van der Waals surface area contributed by atoms with Crippen molar-refractivity contribution in [3.05, 3.63) is 94.0 Å². The molecule has 0 fully saturated rings. The summed E-state index contributed by atoms with van der Waals surface area (Å²) in [5.41, 5.74) is 7.78. The molecule has 0 saturated carbocycles. The lowest BCUT2D eigenvalue weighted by molar-refractivity contribution is 0.452. The van der Waals surface area contributed by atoms with E-state index in [9.17, 15) is 5.11 Å². The molecule has 0 saturated heterocycles. The lowest BCUT2D eigenvalue weighted by Gasteiger charge is -2.32. The second-order valence-corrected chi connectivity index (χ2v) is 10.1. The van der Waals surface area contributed by atoms with Crippen LogP contribution in [0.1, 0.15) is 53.6 Å². The van der Waals surface area contributed by atoms with E-state index in [2.05, 4.69) is 87.3 Å². The highest BCUT2D eigenvalue weighted by molar-refractivity contribution is 7.49. The first-order chi connectivity index (χ1) is 14.3. The zero-order valence-corrected chi connectivity index (χ0v) is 19.9. The van der Waals surface area contributed by atoms with E-state index in [4.69, 9.17) is 0 Å². The van der Waals surface area contributed by atoms with Crippen LogP contribution in [-0.2, 0) is 5.16 Å². The van der Waals surface area contributed by atoms with Crippen molar-refractivity contribution in [1.29, 1.82) is 0 Å². The van der Waals surface area contributed by atoms with Crippen molar-refractivity contribution in [2.75, 3.05) is 7.05 Å². The third-order valence-electron chi connectivity index (χ3n) is 5.95. The van der Waals surface area contributed by atoms with Crippen molar-refractivity contribution in [2.45, 2.75) is 46.2 Å². The Balaban J connectivity index is 2.15. The average molecular weight is 418 g/mol. The summed E-state index contributed by atoms with van der Waals surface area (Å²) < 4.78 is 0. The number of aromatic hydroxyl groups is 1. The first-order valence-electron chi connectivity index (χ1n) is 10.5. The van der Waals surface area contributed by atoms with Crippen LogP contribution in [0.25, 0.3) is 0 Å². The van der Waals surface area contributed by atoms with Gasteiger partial charge in [-0.15, -0.1) is 0 Å². The summed E-state index contributed by atoms with van der Waals surface area (Å²) in [4.78, 5) is 4.68. The van der Waals surface area contributed by atoms with Crippen LogP contribution in [0, 0.1) is 20.8 Å². The normalized spacial score (nSPS) is 14.3. The highest BCUT2D eigenvalue weighted by Gasteiger charge is 2.31. The molecule has 3 rings (SSSR count). The number of nitrogens with zero attached hydrogens (tertiary/aromatic N) is 1. The Bertz CT molecular complexity index is 1070. The summed E-state index contributed by atoms with van der Waals surface area (Å²) in [7, 11) is 2.38. The number of benzene rings is 3. The predicted molar refractivity (Wildman–Crippen MR) is 132 cm³/mol. The largest absolute Gasteiger partial charge is 0.507 e. The first kappa shape index (κ1) is 22.2. The van der Waals surface area contributed by atoms with Crippen LogP contribution in [0.4, 0.5) is 0 Å². The van der Waals surface area contributed by atoms with Crippen LogP contribution in [-0.4, -0.2) is 17.9 Å². The Kier molecular flexibility index (Phi) is 6.78. The monoisotopic (exact) mass is 417 g/mol. The summed E-state index contributed by atoms with van der Waals surface area (Å²) in [5.74, 6) is 0.431. The van der Waals surface area contributed by atoms with E-state index < -0.39 is 0 Å². The summed E-state index contributed by atoms with van der Waals surface area (Å²) >= 11 is 0. The predicted octanol–water partition coefficient (Wildman–Crippen LogP) is 6.41. The molecule has 0 aliphatic carbocycles. The molecule has 0 heterocycles. The highest BCUT2D eigenvalue weighted by Crippen LogP contribution is 2.49. The fraction of sp³-hybridized carbons (Fsp3) is 0.296. The maximum atomic E-state index is 10.9. The summed E-state index contributed by atoms with van der Waals surface area (Å²) in [6, 6.07) is 21.1. The van der Waals surface area contributed by atoms with Gasteiger partial charge in [0.2, 0.25) is 0 Å². The van der Waals surface area contributed by atoms with Gasteiger partial charge in [0.15, 0.2) is 0 Å². The van der Waals surface area contributed by atoms with Crippen LogP contribution in [0.3, 0.4) is 0 Å². The van der Waals surface area contributed by atoms with Crippen molar-refractivity contribution < 1.29 is 5.11 Å². The number of aliphatic imine (C=N–C) groups is 1. The third kappa shape index (κ3) is 4.35. The number of hydrogen-bond acceptors (Lipinski definition) is 2. The molecule has 3 heteroatoms. The van der Waals surface area contributed by atoms with Crippen molar-refractivity contribution in [3.8, 4) is 5.75 Å². The molecule has 0 radical (unpaired) electrons. The Labute approximate surface area is 182 Å². The van der Waals surface area contributed by atoms with Gasteiger partial charge in [-0.3, -0.25) is 4.99 Å². The lowest BCUT2D eigenvalue weighted by Crippen LogP contribution is -2.24. The van der Waals surface area contributed by atoms with Crippen LogP contribution in [0.2, 0.25) is 0 Å². The van der Waals surface area contributed by atoms with Crippen molar-refractivity contribution in [3.63, 3.8) is 0 Å². The van der Waals surface area contributed by atoms with Gasteiger partial charge in [-0.2, -0.15) is 0 Å². The topological polar surface area (TPSA) is 32.6 Å². The van der Waals surface area contributed by atoms with E-state index in [0.717, 1.165) is 28.8 Å². The summed E-state index contributed by atoms with van der Waals surface area (Å²) in [5, 5.41) is 12.1. The van der Waals surface area contributed by atoms with Gasteiger partial charge in [-0.25, -0.2) is 0 Å². The SMILES string of the molecule is CCC(C)(Pc1c(C)cccc1/C(=N/C)c1ccccc1)c1cc(C)cc(C)c1O. The van der Waals surface area contributed by atoms with Gasteiger partial charge in [0, 0.05) is 28.9 Å². The minimum absolute atomic E-state index is 0.155. The van der Waals surface area contributed by atoms with Gasteiger partial charge >= 0.3 is 0 Å². The lowest BCUT2D eigenvalue weighted by atomic mass is 9.93. The van der Waals surface area contributed by atoms with Crippen molar-refractivity contribution in [2.24, 2.45) is 4.99 Å². The van der Waals surface area contributed by atoms with Crippen LogP contribution >= 0.6 is 8.58 Å². The molecule has 3 aromatic rings. The number of aryl methyl sites for hydroxylation is 3. The van der Waals surface area contributed by atoms with Crippen LogP contribution < -0.4 is 5.30 Å². The maximum Gasteiger partial charge on any atom is 0.122 e. The van der Waals surface area contributed by atoms with Gasteiger partial charge in [0.25, 0.3) is 0 Å². The van der Waals surface area contributed by atoms with Crippen LogP contribution in [0.15, 0.2) is 65.7 Å². The van der Waals surface area contributed by atoms with E-state index in [0.29, 0.717) is 14.3 Å². The van der Waals surface area contributed by atoms with Gasteiger partial charge in [0.1, 0.15) is 5.75 Å². The van der Waals surface area contributed by atoms with Crippen molar-refractivity contribution >= 4 is 19.6 Å². The molecule has 0 bridgehead atoms. The number of phenols is 1. The van der Waals surface area contributed by atoms with E-state index in [1.807, 2.05) is 20.0 Å². The van der Waals surface area contributed by atoms with Gasteiger partial charge in [-0.1, -0.05) is 88.7 Å². The maximum absolute atomic E-state index is 10.9. The quantitative estimate of drug-likeness (QED) is 0.365. The van der Waals surface area contributed by atoms with Gasteiger partial charge in [-0.05, 0) is 43.6 Å². The summed E-state index contributed by atoms with van der Waals surface area (Å²) in [6.45, 7) is 10.8. The molecule has 2 nitrogen and oxygen atoms in total. The average Bonchev–Trinajstić information content (AvgIpc) is 2.74. The summed E-state index contributed by atoms with van der Waals surface area (Å²) in [6.07, 6.45) is 0.944. The van der Waals surface area contributed by atoms with E-state index in [-0.39, 0.29) is 5.16 Å². The first-order valence-corrected chi connectivity index (χ1v) is 11.5.